The highest BCUT2D eigenvalue weighted by Gasteiger charge is 2.23. The molecule has 2 aromatic carbocycles. The van der Waals surface area contributed by atoms with Crippen LogP contribution in [0.4, 0.5) is 11.4 Å². The fourth-order valence-electron chi connectivity index (χ4n) is 4.22. The summed E-state index contributed by atoms with van der Waals surface area (Å²) in [6, 6.07) is 12.3. The van der Waals surface area contributed by atoms with E-state index < -0.39 is 15.9 Å². The fourth-order valence-corrected chi connectivity index (χ4v) is 4.77. The van der Waals surface area contributed by atoms with Gasteiger partial charge in [0.15, 0.2) is 5.75 Å². The lowest BCUT2D eigenvalue weighted by Gasteiger charge is -2.24. The van der Waals surface area contributed by atoms with Gasteiger partial charge < -0.3 is 19.9 Å². The van der Waals surface area contributed by atoms with Crippen LogP contribution in [0.1, 0.15) is 58.3 Å². The number of carbonyl (C=O) groups excluding carboxylic acids is 2. The van der Waals surface area contributed by atoms with Crippen molar-refractivity contribution in [3.8, 4) is 11.4 Å². The van der Waals surface area contributed by atoms with Crippen molar-refractivity contribution in [2.24, 2.45) is 0 Å². The van der Waals surface area contributed by atoms with Crippen LogP contribution in [0.15, 0.2) is 67.4 Å². The maximum Gasteiger partial charge on any atom is 0.271 e. The predicted octanol–water partition coefficient (Wildman–Crippen LogP) is 4.44. The summed E-state index contributed by atoms with van der Waals surface area (Å²) < 4.78 is 33.8. The van der Waals surface area contributed by atoms with Crippen molar-refractivity contribution >= 4 is 33.2 Å². The van der Waals surface area contributed by atoms with Gasteiger partial charge in [-0.2, -0.15) is 0 Å². The monoisotopic (exact) mass is 590 g/mol. The Balaban J connectivity index is 1.60. The summed E-state index contributed by atoms with van der Waals surface area (Å²) in [7, 11) is -2.21. The Labute approximate surface area is 245 Å². The summed E-state index contributed by atoms with van der Waals surface area (Å²) in [5.41, 5.74) is 3.94. The third-order valence-electron chi connectivity index (χ3n) is 6.44. The molecule has 2 aromatic heterocycles. The number of ether oxygens (including phenoxy) is 1. The predicted molar refractivity (Wildman–Crippen MR) is 162 cm³/mol. The van der Waals surface area contributed by atoms with E-state index in [0.717, 1.165) is 22.9 Å². The van der Waals surface area contributed by atoms with E-state index in [4.69, 9.17) is 4.74 Å². The van der Waals surface area contributed by atoms with Crippen molar-refractivity contribution in [2.75, 3.05) is 23.4 Å². The van der Waals surface area contributed by atoms with E-state index in [0.29, 0.717) is 23.5 Å². The van der Waals surface area contributed by atoms with Crippen LogP contribution < -0.4 is 20.1 Å². The molecule has 0 unspecified atom stereocenters. The largest absolute Gasteiger partial charge is 0.492 e. The van der Waals surface area contributed by atoms with E-state index in [9.17, 15) is 18.0 Å². The molecule has 0 atom stereocenters. The molecule has 4 aromatic rings. The normalized spacial score (nSPS) is 11.6. The number of aryl methyl sites for hydroxylation is 1. The van der Waals surface area contributed by atoms with E-state index in [2.05, 4.69) is 25.3 Å². The number of pyridine rings is 1. The van der Waals surface area contributed by atoms with Gasteiger partial charge in [0.2, 0.25) is 10.0 Å². The minimum Gasteiger partial charge on any atom is -0.492 e. The van der Waals surface area contributed by atoms with Crippen LogP contribution in [0.3, 0.4) is 0 Å². The Kier molecular flexibility index (Phi) is 8.67. The second kappa shape index (κ2) is 12.0. The molecule has 4 rings (SSSR count). The van der Waals surface area contributed by atoms with Gasteiger partial charge in [-0.05, 0) is 59.4 Å². The molecule has 0 saturated carbocycles. The number of nitrogens with zero attached hydrogens (tertiary/aromatic N) is 3. The third-order valence-corrected chi connectivity index (χ3v) is 7.03. The molecular weight excluding hydrogens is 556 g/mol. The van der Waals surface area contributed by atoms with Gasteiger partial charge in [0, 0.05) is 30.7 Å². The molecule has 2 heterocycles. The van der Waals surface area contributed by atoms with Crippen molar-refractivity contribution in [1.82, 2.24) is 19.9 Å². The quantitative estimate of drug-likeness (QED) is 0.261. The van der Waals surface area contributed by atoms with Crippen molar-refractivity contribution in [3.63, 3.8) is 0 Å². The molecule has 0 aliphatic rings. The van der Waals surface area contributed by atoms with E-state index in [1.807, 2.05) is 33.8 Å². The maximum absolute atomic E-state index is 13.5. The zero-order valence-corrected chi connectivity index (χ0v) is 25.2. The number of hydrogen-bond donors (Lipinski definition) is 3. The van der Waals surface area contributed by atoms with Gasteiger partial charge in [-0.3, -0.25) is 19.3 Å². The van der Waals surface area contributed by atoms with Crippen molar-refractivity contribution in [3.05, 3.63) is 95.3 Å². The number of carbonyl (C=O) groups is 2. The van der Waals surface area contributed by atoms with Crippen LogP contribution >= 0.6 is 0 Å². The molecule has 0 spiro atoms. The van der Waals surface area contributed by atoms with Crippen LogP contribution in [0.25, 0.3) is 5.69 Å². The maximum atomic E-state index is 13.5. The number of aromatic nitrogens is 3. The number of imidazole rings is 1. The molecule has 11 nitrogen and oxygen atoms in total. The van der Waals surface area contributed by atoms with Crippen LogP contribution in [-0.2, 0) is 22.0 Å². The number of methoxy groups -OCH3 is 1. The SMILES string of the molecule is COc1c(NC(=O)c2ccc(C)c(-n3cnc(C(=O)NCc4cccnc4)c3)c2)cc(C(C)(C)C)cc1NS(C)(=O)=O. The number of anilines is 2. The highest BCUT2D eigenvalue weighted by molar-refractivity contribution is 7.92. The summed E-state index contributed by atoms with van der Waals surface area (Å²) in [6.07, 6.45) is 7.51. The lowest BCUT2D eigenvalue weighted by atomic mass is 9.86. The molecular formula is C30H34N6O5S. The van der Waals surface area contributed by atoms with Gasteiger partial charge in [-0.15, -0.1) is 0 Å². The van der Waals surface area contributed by atoms with Gasteiger partial charge in [0.05, 0.1) is 30.4 Å². The lowest BCUT2D eigenvalue weighted by Crippen LogP contribution is -2.23. The summed E-state index contributed by atoms with van der Waals surface area (Å²) in [4.78, 5) is 34.4. The van der Waals surface area contributed by atoms with Crippen LogP contribution in [0.2, 0.25) is 0 Å². The second-order valence-corrected chi connectivity index (χ2v) is 12.6. The first kappa shape index (κ1) is 30.3. The third kappa shape index (κ3) is 7.32. The van der Waals surface area contributed by atoms with Gasteiger partial charge in [-0.25, -0.2) is 13.4 Å². The molecule has 0 saturated heterocycles. The Morgan fingerprint density at radius 2 is 1.79 bits per heavy atom. The average Bonchev–Trinajstić information content (AvgIpc) is 3.41. The Bertz CT molecular complexity index is 1730. The van der Waals surface area contributed by atoms with Crippen LogP contribution in [0.5, 0.6) is 5.75 Å². The summed E-state index contributed by atoms with van der Waals surface area (Å²) in [5, 5.41) is 5.70. The molecule has 2 amide bonds. The van der Waals surface area contributed by atoms with Crippen LogP contribution in [-0.4, -0.2) is 48.1 Å². The van der Waals surface area contributed by atoms with E-state index in [-0.39, 0.29) is 28.5 Å². The molecule has 12 heteroatoms. The Hall–Kier alpha value is -4.71. The number of rotatable bonds is 9. The minimum atomic E-state index is -3.62. The van der Waals surface area contributed by atoms with E-state index in [1.165, 1.54) is 13.4 Å². The second-order valence-electron chi connectivity index (χ2n) is 10.9. The Morgan fingerprint density at radius 3 is 2.43 bits per heavy atom. The number of sulfonamides is 1. The first-order valence-corrected chi connectivity index (χ1v) is 15.0. The molecule has 0 radical (unpaired) electrons. The summed E-state index contributed by atoms with van der Waals surface area (Å²) in [6.45, 7) is 8.15. The minimum absolute atomic E-state index is 0.186. The number of benzene rings is 2. The molecule has 0 fully saturated rings. The van der Waals surface area contributed by atoms with Gasteiger partial charge in [-0.1, -0.05) is 32.9 Å². The number of amides is 2. The van der Waals surface area contributed by atoms with Crippen LogP contribution in [0, 0.1) is 6.92 Å². The molecule has 42 heavy (non-hydrogen) atoms. The van der Waals surface area contributed by atoms with Crippen molar-refractivity contribution in [1.29, 1.82) is 0 Å². The van der Waals surface area contributed by atoms with Crippen molar-refractivity contribution in [2.45, 2.75) is 39.7 Å². The molecule has 3 N–H and O–H groups in total. The molecule has 0 aliphatic carbocycles. The number of nitrogens with one attached hydrogen (secondary N) is 3. The summed E-state index contributed by atoms with van der Waals surface area (Å²) in [5.74, 6) is -0.584. The van der Waals surface area contributed by atoms with Gasteiger partial charge >= 0.3 is 0 Å². The van der Waals surface area contributed by atoms with E-state index >= 15 is 0 Å². The summed E-state index contributed by atoms with van der Waals surface area (Å²) >= 11 is 0. The fraction of sp³-hybridized carbons (Fsp3) is 0.267. The highest BCUT2D eigenvalue weighted by atomic mass is 32.2. The van der Waals surface area contributed by atoms with Gasteiger partial charge in [0.25, 0.3) is 11.8 Å². The zero-order chi connectivity index (χ0) is 30.7. The molecule has 0 aliphatic heterocycles. The smallest absolute Gasteiger partial charge is 0.271 e. The molecule has 220 valence electrons. The number of hydrogen-bond acceptors (Lipinski definition) is 7. The van der Waals surface area contributed by atoms with Crippen molar-refractivity contribution < 1.29 is 22.7 Å². The van der Waals surface area contributed by atoms with Gasteiger partial charge in [0.1, 0.15) is 12.0 Å². The standard InChI is InChI=1S/C30H34N6O5S/c1-19-9-10-21(12-26(19)36-17-25(33-18-36)29(38)32-16-20-8-7-11-31-15-20)28(37)34-23-13-22(30(2,3)4)14-24(27(23)41-5)35-42(6,39)40/h7-15,17-18,35H,16H2,1-6H3,(H,32,38)(H,34,37). The zero-order valence-electron chi connectivity index (χ0n) is 24.3. The topological polar surface area (TPSA) is 144 Å². The first-order chi connectivity index (χ1) is 19.7. The first-order valence-electron chi connectivity index (χ1n) is 13.1. The Morgan fingerprint density at radius 1 is 1.05 bits per heavy atom. The highest BCUT2D eigenvalue weighted by Crippen LogP contribution is 2.39. The average molecular weight is 591 g/mol. The molecule has 0 bridgehead atoms. The lowest BCUT2D eigenvalue weighted by molar-refractivity contribution is 0.0945. The van der Waals surface area contributed by atoms with E-state index in [1.54, 1.807) is 59.6 Å².